The molecule has 0 aliphatic heterocycles. The van der Waals surface area contributed by atoms with E-state index in [2.05, 4.69) is 41.7 Å². The standard InChI is InChI=1S/C16H14BrN5OS2.C2H6/c1-9-10(4-3-7-18)14(23-2)21-16(19-9)22-25-12-8-24-15-11(12)5-6-13(17)20-15;1-2/h5-6,8H,3-4H2,1-2H3,(H,19,21,22);1-2H3. The number of hydrogen-bond donors (Lipinski definition) is 1. The average Bonchev–Trinajstić information content (AvgIpc) is 3.08. The minimum atomic E-state index is 0.408. The maximum Gasteiger partial charge on any atom is 0.236 e. The molecule has 0 aromatic carbocycles. The summed E-state index contributed by atoms with van der Waals surface area (Å²) in [5.74, 6) is 0.983. The summed E-state index contributed by atoms with van der Waals surface area (Å²) in [6.07, 6.45) is 0.986. The first-order valence-electron chi connectivity index (χ1n) is 8.37. The molecule has 27 heavy (non-hydrogen) atoms. The summed E-state index contributed by atoms with van der Waals surface area (Å²) in [5.41, 5.74) is 1.68. The number of pyridine rings is 1. The van der Waals surface area contributed by atoms with Gasteiger partial charge in [0.2, 0.25) is 11.8 Å². The van der Waals surface area contributed by atoms with E-state index < -0.39 is 0 Å². The number of thiophene rings is 1. The number of anilines is 1. The zero-order valence-corrected chi connectivity index (χ0v) is 18.8. The summed E-state index contributed by atoms with van der Waals surface area (Å²) < 4.78 is 9.35. The highest BCUT2D eigenvalue weighted by Gasteiger charge is 2.13. The molecule has 0 atom stereocenters. The molecule has 0 saturated heterocycles. The molecule has 1 N–H and O–H groups in total. The zero-order valence-electron chi connectivity index (χ0n) is 15.5. The van der Waals surface area contributed by atoms with E-state index in [1.54, 1.807) is 18.4 Å². The van der Waals surface area contributed by atoms with Crippen LogP contribution in [0.1, 0.15) is 31.5 Å². The first kappa shape index (κ1) is 21.4. The van der Waals surface area contributed by atoms with Crippen LogP contribution in [0, 0.1) is 18.3 Å². The van der Waals surface area contributed by atoms with E-state index in [1.165, 1.54) is 11.9 Å². The Morgan fingerprint density at radius 3 is 2.78 bits per heavy atom. The predicted molar refractivity (Wildman–Crippen MR) is 115 cm³/mol. The van der Waals surface area contributed by atoms with Crippen molar-refractivity contribution in [1.82, 2.24) is 15.0 Å². The van der Waals surface area contributed by atoms with Crippen LogP contribution in [-0.4, -0.2) is 22.1 Å². The van der Waals surface area contributed by atoms with Gasteiger partial charge in [-0.2, -0.15) is 10.2 Å². The van der Waals surface area contributed by atoms with Gasteiger partial charge in [0, 0.05) is 33.3 Å². The molecule has 6 nitrogen and oxygen atoms in total. The maximum absolute atomic E-state index is 8.78. The summed E-state index contributed by atoms with van der Waals surface area (Å²) in [7, 11) is 1.57. The largest absolute Gasteiger partial charge is 0.481 e. The molecule has 0 amide bonds. The summed E-state index contributed by atoms with van der Waals surface area (Å²) in [5, 5.41) is 11.9. The summed E-state index contributed by atoms with van der Waals surface area (Å²) >= 11 is 6.41. The topological polar surface area (TPSA) is 83.7 Å². The molecule has 3 rings (SSSR count). The van der Waals surface area contributed by atoms with Crippen molar-refractivity contribution >= 4 is 55.4 Å². The van der Waals surface area contributed by atoms with E-state index in [1.807, 2.05) is 38.3 Å². The van der Waals surface area contributed by atoms with Crippen LogP contribution in [0.15, 0.2) is 27.0 Å². The minimum Gasteiger partial charge on any atom is -0.481 e. The van der Waals surface area contributed by atoms with Gasteiger partial charge in [-0.15, -0.1) is 11.3 Å². The van der Waals surface area contributed by atoms with Crippen LogP contribution in [0.25, 0.3) is 10.2 Å². The molecule has 0 aliphatic rings. The molecule has 3 aromatic heterocycles. The molecular formula is C18H20BrN5OS2. The number of ether oxygens (including phenoxy) is 1. The highest BCUT2D eigenvalue weighted by molar-refractivity contribution is 9.10. The number of methoxy groups -OCH3 is 1. The van der Waals surface area contributed by atoms with Gasteiger partial charge in [-0.05, 0) is 53.4 Å². The Morgan fingerprint density at radius 1 is 1.30 bits per heavy atom. The monoisotopic (exact) mass is 465 g/mol. The Balaban J connectivity index is 0.00000126. The van der Waals surface area contributed by atoms with Gasteiger partial charge in [0.15, 0.2) is 0 Å². The van der Waals surface area contributed by atoms with Crippen LogP contribution in [0.5, 0.6) is 5.88 Å². The fourth-order valence-electron chi connectivity index (χ4n) is 2.30. The van der Waals surface area contributed by atoms with E-state index in [-0.39, 0.29) is 0 Å². The van der Waals surface area contributed by atoms with Gasteiger partial charge in [0.05, 0.1) is 13.2 Å². The highest BCUT2D eigenvalue weighted by Crippen LogP contribution is 2.33. The first-order valence-corrected chi connectivity index (χ1v) is 10.9. The third-order valence-corrected chi connectivity index (χ3v) is 5.80. The number of nitrogens with one attached hydrogen (secondary N) is 1. The van der Waals surface area contributed by atoms with Crippen molar-refractivity contribution in [2.45, 2.75) is 38.5 Å². The van der Waals surface area contributed by atoms with Gasteiger partial charge in [-0.3, -0.25) is 4.72 Å². The molecule has 0 unspecified atom stereocenters. The zero-order chi connectivity index (χ0) is 19.8. The number of halogens is 1. The number of hydrogen-bond acceptors (Lipinski definition) is 8. The Labute approximate surface area is 175 Å². The smallest absolute Gasteiger partial charge is 0.236 e. The Hall–Kier alpha value is -1.89. The SMILES string of the molecule is CC.COc1nc(NSc2csc3nc(Br)ccc23)nc(C)c1CCC#N. The number of rotatable bonds is 6. The lowest BCUT2D eigenvalue weighted by molar-refractivity contribution is 0.391. The van der Waals surface area contributed by atoms with Gasteiger partial charge < -0.3 is 4.74 Å². The normalized spacial score (nSPS) is 10.1. The highest BCUT2D eigenvalue weighted by atomic mass is 79.9. The molecule has 0 bridgehead atoms. The summed E-state index contributed by atoms with van der Waals surface area (Å²) in [6.45, 7) is 5.90. The summed E-state index contributed by atoms with van der Waals surface area (Å²) in [4.78, 5) is 15.4. The van der Waals surface area contributed by atoms with Crippen molar-refractivity contribution < 1.29 is 4.74 Å². The van der Waals surface area contributed by atoms with Gasteiger partial charge in [0.1, 0.15) is 9.43 Å². The second kappa shape index (κ2) is 10.4. The molecule has 3 heterocycles. The summed E-state index contributed by atoms with van der Waals surface area (Å²) in [6, 6.07) is 6.09. The molecular weight excluding hydrogens is 446 g/mol. The molecule has 0 fully saturated rings. The third-order valence-electron chi connectivity index (χ3n) is 3.48. The Morgan fingerprint density at radius 2 is 2.07 bits per heavy atom. The van der Waals surface area contributed by atoms with Crippen LogP contribution < -0.4 is 9.46 Å². The van der Waals surface area contributed by atoms with Crippen molar-refractivity contribution in [3.63, 3.8) is 0 Å². The maximum atomic E-state index is 8.78. The van der Waals surface area contributed by atoms with Crippen LogP contribution in [0.3, 0.4) is 0 Å². The van der Waals surface area contributed by atoms with E-state index in [0.29, 0.717) is 24.7 Å². The van der Waals surface area contributed by atoms with Crippen LogP contribution in [0.4, 0.5) is 5.95 Å². The molecule has 9 heteroatoms. The number of aromatic nitrogens is 3. The molecule has 0 spiro atoms. The van der Waals surface area contributed by atoms with E-state index in [9.17, 15) is 0 Å². The first-order chi connectivity index (χ1) is 13.1. The van der Waals surface area contributed by atoms with Gasteiger partial charge in [0.25, 0.3) is 0 Å². The average molecular weight is 466 g/mol. The van der Waals surface area contributed by atoms with Crippen molar-refractivity contribution in [2.75, 3.05) is 11.8 Å². The van der Waals surface area contributed by atoms with Crippen LogP contribution in [0.2, 0.25) is 0 Å². The molecule has 0 saturated carbocycles. The fraction of sp³-hybridized carbons (Fsp3) is 0.333. The van der Waals surface area contributed by atoms with E-state index in [0.717, 1.165) is 31.0 Å². The number of nitrogens with zero attached hydrogens (tertiary/aromatic N) is 4. The molecule has 142 valence electrons. The van der Waals surface area contributed by atoms with Crippen LogP contribution in [-0.2, 0) is 6.42 Å². The van der Waals surface area contributed by atoms with Crippen molar-refractivity contribution in [3.8, 4) is 11.9 Å². The van der Waals surface area contributed by atoms with Gasteiger partial charge in [-0.25, -0.2) is 9.97 Å². The van der Waals surface area contributed by atoms with Gasteiger partial charge >= 0.3 is 0 Å². The predicted octanol–water partition coefficient (Wildman–Crippen LogP) is 5.77. The lowest BCUT2D eigenvalue weighted by Crippen LogP contribution is -2.04. The van der Waals surface area contributed by atoms with Crippen molar-refractivity contribution in [2.24, 2.45) is 0 Å². The molecule has 0 aliphatic carbocycles. The van der Waals surface area contributed by atoms with E-state index in [4.69, 9.17) is 10.00 Å². The lowest BCUT2D eigenvalue weighted by Gasteiger charge is -2.11. The lowest BCUT2D eigenvalue weighted by atomic mass is 10.1. The number of aryl methyl sites for hydroxylation is 1. The fourth-order valence-corrected chi connectivity index (χ4v) is 4.50. The van der Waals surface area contributed by atoms with Crippen molar-refractivity contribution in [1.29, 1.82) is 5.26 Å². The molecule has 0 radical (unpaired) electrons. The third kappa shape index (κ3) is 5.31. The number of nitriles is 1. The number of fused-ring (bicyclic) bond motifs is 1. The van der Waals surface area contributed by atoms with Crippen LogP contribution >= 0.6 is 39.2 Å². The quantitative estimate of drug-likeness (QED) is 0.365. The Bertz CT molecular complexity index is 955. The van der Waals surface area contributed by atoms with E-state index >= 15 is 0 Å². The van der Waals surface area contributed by atoms with Crippen molar-refractivity contribution in [3.05, 3.63) is 33.4 Å². The second-order valence-corrected chi connectivity index (χ2v) is 7.59. The van der Waals surface area contributed by atoms with Gasteiger partial charge in [-0.1, -0.05) is 13.8 Å². The molecule has 3 aromatic rings. The minimum absolute atomic E-state index is 0.408. The second-order valence-electron chi connectivity index (χ2n) is 5.07. The Kier molecular flexibility index (Phi) is 8.28.